The van der Waals surface area contributed by atoms with Gasteiger partial charge in [-0.15, -0.1) is 0 Å². The molecule has 3 amide bonds. The fourth-order valence-corrected chi connectivity index (χ4v) is 4.49. The van der Waals surface area contributed by atoms with Crippen molar-refractivity contribution < 1.29 is 18.0 Å². The van der Waals surface area contributed by atoms with E-state index in [9.17, 15) is 18.0 Å². The molecular weight excluding hydrogens is 442 g/mol. The zero-order valence-corrected chi connectivity index (χ0v) is 18.5. The summed E-state index contributed by atoms with van der Waals surface area (Å²) in [6, 6.07) is 15.4. The van der Waals surface area contributed by atoms with Crippen LogP contribution in [-0.4, -0.2) is 43.3 Å². The Morgan fingerprint density at radius 2 is 1.42 bits per heavy atom. The maximum absolute atomic E-state index is 12.8. The zero-order valence-electron chi connectivity index (χ0n) is 17.7. The van der Waals surface area contributed by atoms with Crippen LogP contribution in [0.15, 0.2) is 78.0 Å². The molecule has 0 radical (unpaired) electrons. The highest BCUT2D eigenvalue weighted by molar-refractivity contribution is 7.92. The number of nitrogens with zero attached hydrogens (tertiary/aromatic N) is 2. The summed E-state index contributed by atoms with van der Waals surface area (Å²) >= 11 is 0. The number of anilines is 3. The largest absolute Gasteiger partial charge is 0.325 e. The Labute approximate surface area is 191 Å². The predicted molar refractivity (Wildman–Crippen MR) is 126 cm³/mol. The number of para-hydroxylation sites is 2. The number of likely N-dealkylation sites (tertiary alicyclic amines) is 1. The molecule has 0 aliphatic carbocycles. The number of amides is 3. The summed E-state index contributed by atoms with van der Waals surface area (Å²) in [5, 5.41) is 5.62. The van der Waals surface area contributed by atoms with Gasteiger partial charge in [0.25, 0.3) is 15.9 Å². The normalized spacial score (nSPS) is 13.4. The summed E-state index contributed by atoms with van der Waals surface area (Å²) in [7, 11) is -3.80. The van der Waals surface area contributed by atoms with Crippen molar-refractivity contribution >= 4 is 39.0 Å². The smallest absolute Gasteiger partial charge is 0.321 e. The average Bonchev–Trinajstić information content (AvgIpc) is 3.36. The summed E-state index contributed by atoms with van der Waals surface area (Å²) in [4.78, 5) is 30.8. The van der Waals surface area contributed by atoms with Crippen molar-refractivity contribution in [3.05, 3.63) is 78.6 Å². The molecule has 33 heavy (non-hydrogen) atoms. The van der Waals surface area contributed by atoms with E-state index in [4.69, 9.17) is 0 Å². The van der Waals surface area contributed by atoms with Crippen LogP contribution in [0.25, 0.3) is 0 Å². The minimum Gasteiger partial charge on any atom is -0.325 e. The van der Waals surface area contributed by atoms with Gasteiger partial charge in [0.15, 0.2) is 0 Å². The molecule has 3 aromatic rings. The lowest BCUT2D eigenvalue weighted by atomic mass is 10.2. The first-order chi connectivity index (χ1) is 15.9. The van der Waals surface area contributed by atoms with Crippen LogP contribution in [0.5, 0.6) is 0 Å². The molecule has 3 N–H and O–H groups in total. The van der Waals surface area contributed by atoms with Crippen LogP contribution in [0.1, 0.15) is 23.2 Å². The number of rotatable bonds is 6. The molecule has 1 aromatic heterocycles. The second-order valence-corrected chi connectivity index (χ2v) is 9.17. The number of sulfonamides is 1. The van der Waals surface area contributed by atoms with Crippen molar-refractivity contribution in [1.29, 1.82) is 0 Å². The van der Waals surface area contributed by atoms with E-state index in [0.717, 1.165) is 12.8 Å². The molecule has 1 saturated heterocycles. The Morgan fingerprint density at radius 1 is 0.818 bits per heavy atom. The van der Waals surface area contributed by atoms with Crippen molar-refractivity contribution in [3.63, 3.8) is 0 Å². The first kappa shape index (κ1) is 22.3. The second-order valence-electron chi connectivity index (χ2n) is 7.49. The predicted octanol–water partition coefficient (Wildman–Crippen LogP) is 3.76. The van der Waals surface area contributed by atoms with Crippen LogP contribution in [-0.2, 0) is 10.0 Å². The van der Waals surface area contributed by atoms with Gasteiger partial charge in [-0.3, -0.25) is 14.5 Å². The number of hydrogen-bond donors (Lipinski definition) is 3. The van der Waals surface area contributed by atoms with Crippen LogP contribution in [0.2, 0.25) is 0 Å². The minimum absolute atomic E-state index is 0.0224. The van der Waals surface area contributed by atoms with E-state index in [1.807, 2.05) is 0 Å². The number of carbonyl (C=O) groups excluding carboxylic acids is 2. The molecule has 0 unspecified atom stereocenters. The van der Waals surface area contributed by atoms with E-state index >= 15 is 0 Å². The Kier molecular flexibility index (Phi) is 6.55. The molecule has 0 atom stereocenters. The van der Waals surface area contributed by atoms with Gasteiger partial charge in [-0.2, -0.15) is 0 Å². The van der Waals surface area contributed by atoms with E-state index in [1.165, 1.54) is 36.7 Å². The molecule has 2 aromatic carbocycles. The topological polar surface area (TPSA) is 121 Å². The van der Waals surface area contributed by atoms with Gasteiger partial charge in [0.2, 0.25) is 0 Å². The summed E-state index contributed by atoms with van der Waals surface area (Å²) < 4.78 is 27.6. The molecule has 1 aliphatic rings. The molecule has 0 saturated carbocycles. The first-order valence-corrected chi connectivity index (χ1v) is 11.9. The van der Waals surface area contributed by atoms with Crippen molar-refractivity contribution in [2.75, 3.05) is 28.4 Å². The number of pyridine rings is 1. The van der Waals surface area contributed by atoms with Gasteiger partial charge < -0.3 is 15.5 Å². The maximum atomic E-state index is 12.8. The number of hydrogen-bond acceptors (Lipinski definition) is 5. The van der Waals surface area contributed by atoms with E-state index in [-0.39, 0.29) is 16.5 Å². The molecule has 1 fully saturated rings. The Morgan fingerprint density at radius 3 is 2.06 bits per heavy atom. The fraction of sp³-hybridized carbons (Fsp3) is 0.174. The molecule has 4 rings (SSSR count). The molecular formula is C23H23N5O4S. The Hall–Kier alpha value is -3.92. The van der Waals surface area contributed by atoms with Crippen LogP contribution in [0.3, 0.4) is 0 Å². The van der Waals surface area contributed by atoms with E-state index in [0.29, 0.717) is 30.2 Å². The highest BCUT2D eigenvalue weighted by Gasteiger charge is 2.20. The standard InChI is InChI=1S/C23H23N5O4S/c29-22(25-20-5-1-2-6-21(20)26-23(30)28-15-3-4-16-28)17-7-9-19(10-8-17)33(31,32)27-18-11-13-24-14-12-18/h1-2,5-14H,3-4,15-16H2,(H,24,27)(H,25,29)(H,26,30). The third kappa shape index (κ3) is 5.47. The van der Waals surface area contributed by atoms with Gasteiger partial charge in [0.05, 0.1) is 22.0 Å². The van der Waals surface area contributed by atoms with Gasteiger partial charge in [0.1, 0.15) is 0 Å². The van der Waals surface area contributed by atoms with Gasteiger partial charge in [0, 0.05) is 31.0 Å². The van der Waals surface area contributed by atoms with Gasteiger partial charge >= 0.3 is 6.03 Å². The van der Waals surface area contributed by atoms with Crippen LogP contribution < -0.4 is 15.4 Å². The van der Waals surface area contributed by atoms with Gasteiger partial charge in [-0.25, -0.2) is 13.2 Å². The highest BCUT2D eigenvalue weighted by atomic mass is 32.2. The number of carbonyl (C=O) groups is 2. The van der Waals surface area contributed by atoms with E-state index in [2.05, 4.69) is 20.3 Å². The van der Waals surface area contributed by atoms with Crippen molar-refractivity contribution in [1.82, 2.24) is 9.88 Å². The third-order valence-corrected chi connectivity index (χ3v) is 6.57. The van der Waals surface area contributed by atoms with Crippen LogP contribution in [0.4, 0.5) is 21.9 Å². The van der Waals surface area contributed by atoms with Gasteiger partial charge in [-0.05, 0) is 61.4 Å². The number of urea groups is 1. The monoisotopic (exact) mass is 465 g/mol. The van der Waals surface area contributed by atoms with Crippen molar-refractivity contribution in [3.8, 4) is 0 Å². The number of aromatic nitrogens is 1. The van der Waals surface area contributed by atoms with E-state index < -0.39 is 15.9 Å². The lowest BCUT2D eigenvalue weighted by molar-refractivity contribution is 0.102. The molecule has 0 bridgehead atoms. The third-order valence-electron chi connectivity index (χ3n) is 5.17. The van der Waals surface area contributed by atoms with E-state index in [1.54, 1.807) is 41.3 Å². The second kappa shape index (κ2) is 9.70. The maximum Gasteiger partial charge on any atom is 0.321 e. The van der Waals surface area contributed by atoms with Crippen LogP contribution in [0, 0.1) is 0 Å². The summed E-state index contributed by atoms with van der Waals surface area (Å²) in [5.74, 6) is -0.427. The molecule has 9 nitrogen and oxygen atoms in total. The quantitative estimate of drug-likeness (QED) is 0.512. The Balaban J connectivity index is 1.44. The Bertz CT molecular complexity index is 1240. The number of nitrogens with one attached hydrogen (secondary N) is 3. The molecule has 170 valence electrons. The first-order valence-electron chi connectivity index (χ1n) is 10.4. The fourth-order valence-electron chi connectivity index (χ4n) is 3.43. The van der Waals surface area contributed by atoms with Crippen molar-refractivity contribution in [2.45, 2.75) is 17.7 Å². The average molecular weight is 466 g/mol. The van der Waals surface area contributed by atoms with Crippen LogP contribution >= 0.6 is 0 Å². The minimum atomic E-state index is -3.80. The molecule has 1 aliphatic heterocycles. The summed E-state index contributed by atoms with van der Waals surface area (Å²) in [5.41, 5.74) is 1.60. The lowest BCUT2D eigenvalue weighted by Crippen LogP contribution is -2.32. The molecule has 2 heterocycles. The lowest BCUT2D eigenvalue weighted by Gasteiger charge is -2.18. The SMILES string of the molecule is O=C(Nc1ccccc1NC(=O)N1CCCC1)c1ccc(S(=O)(=O)Nc2ccncc2)cc1. The number of benzene rings is 2. The highest BCUT2D eigenvalue weighted by Crippen LogP contribution is 2.23. The summed E-state index contributed by atoms with van der Waals surface area (Å²) in [6.07, 6.45) is 4.93. The summed E-state index contributed by atoms with van der Waals surface area (Å²) in [6.45, 7) is 1.43. The van der Waals surface area contributed by atoms with Crippen molar-refractivity contribution in [2.24, 2.45) is 0 Å². The zero-order chi connectivity index (χ0) is 23.3. The molecule has 0 spiro atoms. The molecule has 10 heteroatoms. The van der Waals surface area contributed by atoms with Gasteiger partial charge in [-0.1, -0.05) is 12.1 Å².